The first-order valence-corrected chi connectivity index (χ1v) is 16.1. The van der Waals surface area contributed by atoms with E-state index in [1.54, 1.807) is 0 Å². The van der Waals surface area contributed by atoms with Crippen LogP contribution >= 0.6 is 0 Å². The molecule has 2 atom stereocenters. The molecule has 0 radical (unpaired) electrons. The zero-order valence-corrected chi connectivity index (χ0v) is 24.4. The second kappa shape index (κ2) is 13.2. The van der Waals surface area contributed by atoms with Crippen LogP contribution in [0.4, 0.5) is 17.6 Å². The highest BCUT2D eigenvalue weighted by Crippen LogP contribution is 2.33. The largest absolute Gasteiger partial charge is 0.416 e. The van der Waals surface area contributed by atoms with Gasteiger partial charge >= 0.3 is 6.18 Å². The average Bonchev–Trinajstić information content (AvgIpc) is 3.50. The van der Waals surface area contributed by atoms with Crippen molar-refractivity contribution in [3.8, 4) is 0 Å². The van der Waals surface area contributed by atoms with Crippen LogP contribution < -0.4 is 15.4 Å². The molecule has 3 N–H and O–H groups in total. The highest BCUT2D eigenvalue weighted by atomic mass is 32.2. The smallest absolute Gasteiger partial charge is 0.349 e. The van der Waals surface area contributed by atoms with Crippen molar-refractivity contribution in [2.45, 2.75) is 87.1 Å². The molecule has 43 heavy (non-hydrogen) atoms. The summed E-state index contributed by atoms with van der Waals surface area (Å²) in [4.78, 5) is 12.7. The molecule has 1 fully saturated rings. The van der Waals surface area contributed by atoms with Crippen molar-refractivity contribution < 1.29 is 30.8 Å². The Balaban J connectivity index is 1.30. The van der Waals surface area contributed by atoms with E-state index in [1.165, 1.54) is 48.9 Å². The van der Waals surface area contributed by atoms with Crippen LogP contribution in [0.2, 0.25) is 0 Å². The lowest BCUT2D eigenvalue weighted by molar-refractivity contribution is -0.137. The van der Waals surface area contributed by atoms with E-state index in [1.807, 2.05) is 6.07 Å². The fraction of sp³-hybridized carbons (Fsp3) is 0.406. The number of rotatable bonds is 10. The Kier molecular flexibility index (Phi) is 9.53. The van der Waals surface area contributed by atoms with Crippen molar-refractivity contribution >= 4 is 15.9 Å². The number of alkyl halides is 3. The van der Waals surface area contributed by atoms with Gasteiger partial charge in [0.2, 0.25) is 15.9 Å². The molecule has 3 aromatic carbocycles. The number of sulfonamides is 1. The summed E-state index contributed by atoms with van der Waals surface area (Å²) in [5.41, 5.74) is 2.57. The summed E-state index contributed by atoms with van der Waals surface area (Å²) in [6.45, 7) is 0.792. The fourth-order valence-electron chi connectivity index (χ4n) is 5.98. The van der Waals surface area contributed by atoms with Crippen molar-refractivity contribution in [3.63, 3.8) is 0 Å². The number of nitrogens with one attached hydrogen (secondary N) is 3. The molecule has 0 bridgehead atoms. The van der Waals surface area contributed by atoms with Gasteiger partial charge in [0.05, 0.1) is 22.5 Å². The lowest BCUT2D eigenvalue weighted by Gasteiger charge is -2.28. The number of aryl methyl sites for hydroxylation is 1. The Hall–Kier alpha value is -3.28. The van der Waals surface area contributed by atoms with Gasteiger partial charge in [-0.2, -0.15) is 13.2 Å². The van der Waals surface area contributed by atoms with Crippen LogP contribution in [0.3, 0.4) is 0 Å². The van der Waals surface area contributed by atoms with Crippen LogP contribution in [-0.2, 0) is 34.0 Å². The number of amides is 1. The molecule has 6 nitrogen and oxygen atoms in total. The Morgan fingerprint density at radius 1 is 0.930 bits per heavy atom. The summed E-state index contributed by atoms with van der Waals surface area (Å²) in [5.74, 6) is -0.991. The first-order chi connectivity index (χ1) is 20.5. The lowest BCUT2D eigenvalue weighted by Crippen LogP contribution is -2.36. The van der Waals surface area contributed by atoms with Gasteiger partial charge in [0.25, 0.3) is 0 Å². The molecule has 5 rings (SSSR count). The first-order valence-electron chi connectivity index (χ1n) is 14.6. The number of hydrogen-bond donors (Lipinski definition) is 3. The molecule has 1 unspecified atom stereocenters. The van der Waals surface area contributed by atoms with Gasteiger partial charge < -0.3 is 10.6 Å². The Labute approximate surface area is 249 Å². The van der Waals surface area contributed by atoms with Gasteiger partial charge in [0.15, 0.2) is 0 Å². The van der Waals surface area contributed by atoms with E-state index < -0.39 is 44.4 Å². The average molecular weight is 618 g/mol. The summed E-state index contributed by atoms with van der Waals surface area (Å²) in [7, 11) is -4.47. The third-order valence-electron chi connectivity index (χ3n) is 8.24. The molecule has 230 valence electrons. The quantitative estimate of drug-likeness (QED) is 0.227. The van der Waals surface area contributed by atoms with Gasteiger partial charge in [-0.05, 0) is 84.7 Å². The van der Waals surface area contributed by atoms with Crippen molar-refractivity contribution in [1.82, 2.24) is 15.4 Å². The number of benzene rings is 3. The molecule has 1 saturated carbocycles. The highest BCUT2D eigenvalue weighted by Gasteiger charge is 2.33. The summed E-state index contributed by atoms with van der Waals surface area (Å²) in [5, 5.41) is 6.65. The summed E-state index contributed by atoms with van der Waals surface area (Å²) < 4.78 is 82.1. The number of hydrogen-bond acceptors (Lipinski definition) is 4. The predicted octanol–water partition coefficient (Wildman–Crippen LogP) is 6.48. The van der Waals surface area contributed by atoms with Crippen LogP contribution in [0.15, 0.2) is 71.6 Å². The van der Waals surface area contributed by atoms with Crippen LogP contribution in [-0.4, -0.2) is 20.4 Å². The zero-order valence-electron chi connectivity index (χ0n) is 23.6. The maximum Gasteiger partial charge on any atom is 0.416 e. The molecular weight excluding hydrogens is 582 g/mol. The number of halogens is 4. The number of fused-ring (bicyclic) bond motifs is 1. The van der Waals surface area contributed by atoms with E-state index in [0.717, 1.165) is 61.7 Å². The second-order valence-corrected chi connectivity index (χ2v) is 13.1. The molecular formula is C32H35F4N3O3S. The molecule has 3 aromatic rings. The van der Waals surface area contributed by atoms with E-state index in [4.69, 9.17) is 0 Å². The molecule has 0 saturated heterocycles. The van der Waals surface area contributed by atoms with Gasteiger partial charge in [0.1, 0.15) is 5.82 Å². The number of carbonyl (C=O) groups excluding carboxylic acids is 1. The maximum atomic E-state index is 13.6. The summed E-state index contributed by atoms with van der Waals surface area (Å²) in [6.07, 6.45) is 2.35. The van der Waals surface area contributed by atoms with Gasteiger partial charge in [-0.3, -0.25) is 4.79 Å². The highest BCUT2D eigenvalue weighted by molar-refractivity contribution is 7.89. The van der Waals surface area contributed by atoms with Crippen LogP contribution in [0.5, 0.6) is 0 Å². The minimum Gasteiger partial charge on any atom is -0.349 e. The zero-order chi connectivity index (χ0) is 30.6. The first kappa shape index (κ1) is 31.2. The Bertz CT molecular complexity index is 1540. The van der Waals surface area contributed by atoms with E-state index in [-0.39, 0.29) is 12.5 Å². The summed E-state index contributed by atoms with van der Waals surface area (Å²) >= 11 is 0. The maximum absolute atomic E-state index is 13.6. The van der Waals surface area contributed by atoms with Crippen molar-refractivity contribution in [1.29, 1.82) is 0 Å². The number of carbonyl (C=O) groups is 1. The normalized spacial score (nSPS) is 18.3. The van der Waals surface area contributed by atoms with Crippen LogP contribution in [0.25, 0.3) is 0 Å². The Morgan fingerprint density at radius 3 is 2.40 bits per heavy atom. The van der Waals surface area contributed by atoms with Gasteiger partial charge in [-0.25, -0.2) is 17.5 Å². The van der Waals surface area contributed by atoms with Crippen LogP contribution in [0, 0.1) is 5.82 Å². The van der Waals surface area contributed by atoms with Crippen molar-refractivity contribution in [2.75, 3.05) is 0 Å². The minimum absolute atomic E-state index is 0.262. The van der Waals surface area contributed by atoms with Crippen molar-refractivity contribution in [3.05, 3.63) is 100 Å². The standard InChI is InChI=1S/C32H35F4N3O3S/c33-25-14-12-22(13-15-25)30(39-43(41,42)27-9-4-6-24(18-27)32(34,35)36)19-31(40)38-29-10-3-5-23-17-21(11-16-28(23)29)20-37-26-7-1-2-8-26/h4,6,9,11-18,26,29-30,37,39H,1-3,5,7-8,10,19-20H2,(H,38,40)/t29-,30?/m1/s1. The van der Waals surface area contributed by atoms with Crippen LogP contribution in [0.1, 0.15) is 84.8 Å². The van der Waals surface area contributed by atoms with Crippen molar-refractivity contribution in [2.24, 2.45) is 0 Å². The molecule has 0 spiro atoms. The second-order valence-electron chi connectivity index (χ2n) is 11.4. The molecule has 0 heterocycles. The predicted molar refractivity (Wildman–Crippen MR) is 155 cm³/mol. The Morgan fingerprint density at radius 2 is 1.67 bits per heavy atom. The lowest BCUT2D eigenvalue weighted by atomic mass is 9.86. The summed E-state index contributed by atoms with van der Waals surface area (Å²) in [6, 6.07) is 13.8. The molecule has 0 aliphatic heterocycles. The molecule has 11 heteroatoms. The molecule has 1 amide bonds. The third kappa shape index (κ3) is 8.01. The van der Waals surface area contributed by atoms with E-state index in [0.29, 0.717) is 17.7 Å². The fourth-order valence-corrected chi connectivity index (χ4v) is 7.25. The van der Waals surface area contributed by atoms with E-state index in [2.05, 4.69) is 27.5 Å². The van der Waals surface area contributed by atoms with Gasteiger partial charge in [-0.15, -0.1) is 0 Å². The SMILES string of the molecule is O=C(CC(NS(=O)(=O)c1cccc(C(F)(F)F)c1)c1ccc(F)cc1)N[C@@H]1CCCc2cc(CNC3CCCC3)ccc21. The van der Waals surface area contributed by atoms with E-state index in [9.17, 15) is 30.8 Å². The molecule has 2 aliphatic carbocycles. The van der Waals surface area contributed by atoms with Gasteiger partial charge in [-0.1, -0.05) is 49.2 Å². The molecule has 2 aliphatic rings. The third-order valence-corrected chi connectivity index (χ3v) is 9.71. The monoisotopic (exact) mass is 617 g/mol. The topological polar surface area (TPSA) is 87.3 Å². The van der Waals surface area contributed by atoms with E-state index >= 15 is 0 Å². The molecule has 0 aromatic heterocycles. The van der Waals surface area contributed by atoms with Gasteiger partial charge in [0, 0.05) is 19.0 Å². The minimum atomic E-state index is -4.73.